The van der Waals surface area contributed by atoms with Crippen LogP contribution in [0.4, 0.5) is 5.69 Å². The summed E-state index contributed by atoms with van der Waals surface area (Å²) in [7, 11) is 0. The lowest BCUT2D eigenvalue weighted by atomic mass is 10.2. The van der Waals surface area contributed by atoms with Gasteiger partial charge in [-0.1, -0.05) is 11.6 Å². The van der Waals surface area contributed by atoms with Crippen LogP contribution in [0.5, 0.6) is 0 Å². The summed E-state index contributed by atoms with van der Waals surface area (Å²) in [6, 6.07) is 5.80. The molecular weight excluding hydrogens is 340 g/mol. The van der Waals surface area contributed by atoms with E-state index < -0.39 is 10.9 Å². The number of benzene rings is 1. The molecule has 23 heavy (non-hydrogen) atoms. The number of rotatable bonds is 3. The molecule has 0 fully saturated rings. The van der Waals surface area contributed by atoms with Crippen LogP contribution < -0.4 is 0 Å². The first-order valence-electron chi connectivity index (χ1n) is 6.46. The van der Waals surface area contributed by atoms with Gasteiger partial charge in [-0.15, -0.1) is 11.3 Å². The predicted molar refractivity (Wildman–Crippen MR) is 87.8 cm³/mol. The van der Waals surface area contributed by atoms with E-state index in [1.54, 1.807) is 6.08 Å². The van der Waals surface area contributed by atoms with E-state index in [2.05, 4.69) is 4.99 Å². The summed E-state index contributed by atoms with van der Waals surface area (Å²) < 4.78 is 5.10. The topological polar surface area (TPSA) is 81.8 Å². The second-order valence-electron chi connectivity index (χ2n) is 4.73. The fraction of sp³-hybridized carbons (Fsp3) is 0.0667. The number of halogens is 1. The van der Waals surface area contributed by atoms with Gasteiger partial charge in [-0.2, -0.15) is 0 Å². The second kappa shape index (κ2) is 5.94. The number of aliphatic imine (C=N–C) groups is 1. The maximum absolute atomic E-state index is 11.9. The Morgan fingerprint density at radius 2 is 2.17 bits per heavy atom. The van der Waals surface area contributed by atoms with Crippen molar-refractivity contribution in [1.29, 1.82) is 0 Å². The van der Waals surface area contributed by atoms with Crippen molar-refractivity contribution in [3.05, 3.63) is 66.5 Å². The standard InChI is InChI=1S/C15H9ClN2O4S/c1-8-4-5-23-13(8)7-12-15(19)22-14(17-12)10-6-9(18(20)21)2-3-11(10)16/h2-7H,1H3/b12-7-. The Balaban J connectivity index is 2.02. The summed E-state index contributed by atoms with van der Waals surface area (Å²) in [5, 5.41) is 13.0. The molecule has 1 aliphatic heterocycles. The van der Waals surface area contributed by atoms with Gasteiger partial charge in [0.25, 0.3) is 5.69 Å². The van der Waals surface area contributed by atoms with Gasteiger partial charge in [-0.05, 0) is 36.1 Å². The first kappa shape index (κ1) is 15.4. The van der Waals surface area contributed by atoms with Crippen molar-refractivity contribution in [2.45, 2.75) is 6.92 Å². The Bertz CT molecular complexity index is 885. The average molecular weight is 349 g/mol. The van der Waals surface area contributed by atoms with Crippen LogP contribution in [-0.2, 0) is 9.53 Å². The smallest absolute Gasteiger partial charge is 0.363 e. The van der Waals surface area contributed by atoms with Crippen LogP contribution in [0, 0.1) is 17.0 Å². The highest BCUT2D eigenvalue weighted by Gasteiger charge is 2.27. The van der Waals surface area contributed by atoms with Crippen LogP contribution in [0.25, 0.3) is 6.08 Å². The predicted octanol–water partition coefficient (Wildman–Crippen LogP) is 3.96. The van der Waals surface area contributed by atoms with E-state index in [4.69, 9.17) is 16.3 Å². The minimum Gasteiger partial charge on any atom is -0.402 e. The highest BCUT2D eigenvalue weighted by Crippen LogP contribution is 2.28. The van der Waals surface area contributed by atoms with Gasteiger partial charge in [0.15, 0.2) is 5.70 Å². The zero-order chi connectivity index (χ0) is 16.6. The van der Waals surface area contributed by atoms with Crippen LogP contribution in [0.3, 0.4) is 0 Å². The number of carbonyl (C=O) groups excluding carboxylic acids is 1. The summed E-state index contributed by atoms with van der Waals surface area (Å²) in [4.78, 5) is 27.3. The largest absolute Gasteiger partial charge is 0.402 e. The number of esters is 1. The fourth-order valence-electron chi connectivity index (χ4n) is 1.97. The SMILES string of the molecule is Cc1ccsc1/C=C1\N=C(c2cc([N+](=O)[O-])ccc2Cl)OC1=O. The van der Waals surface area contributed by atoms with Crippen molar-refractivity contribution < 1.29 is 14.5 Å². The molecule has 2 heterocycles. The molecule has 1 aliphatic rings. The first-order valence-corrected chi connectivity index (χ1v) is 7.72. The minimum atomic E-state index is -0.615. The lowest BCUT2D eigenvalue weighted by molar-refractivity contribution is -0.384. The Hall–Kier alpha value is -2.51. The van der Waals surface area contributed by atoms with Crippen molar-refractivity contribution in [2.75, 3.05) is 0 Å². The van der Waals surface area contributed by atoms with Crippen LogP contribution >= 0.6 is 22.9 Å². The van der Waals surface area contributed by atoms with Crippen LogP contribution in [0.2, 0.25) is 5.02 Å². The number of hydrogen-bond donors (Lipinski definition) is 0. The lowest BCUT2D eigenvalue weighted by Gasteiger charge is -2.02. The van der Waals surface area contributed by atoms with Crippen LogP contribution in [0.1, 0.15) is 16.0 Å². The monoisotopic (exact) mass is 348 g/mol. The third kappa shape index (κ3) is 3.01. The number of ether oxygens (including phenoxy) is 1. The van der Waals surface area contributed by atoms with E-state index in [9.17, 15) is 14.9 Å². The molecule has 3 rings (SSSR count). The number of nitro groups is 1. The van der Waals surface area contributed by atoms with E-state index in [1.807, 2.05) is 18.4 Å². The van der Waals surface area contributed by atoms with E-state index in [-0.39, 0.29) is 27.9 Å². The van der Waals surface area contributed by atoms with Crippen molar-refractivity contribution >= 4 is 46.6 Å². The molecule has 0 unspecified atom stereocenters. The number of nitrogens with zero attached hydrogens (tertiary/aromatic N) is 2. The molecule has 8 heteroatoms. The molecular formula is C15H9ClN2O4S. The molecule has 0 N–H and O–H groups in total. The van der Waals surface area contributed by atoms with Crippen LogP contribution in [-0.4, -0.2) is 16.8 Å². The van der Waals surface area contributed by atoms with Crippen molar-refractivity contribution in [3.63, 3.8) is 0 Å². The normalized spacial score (nSPS) is 15.7. The van der Waals surface area contributed by atoms with Gasteiger partial charge in [-0.3, -0.25) is 10.1 Å². The number of thiophene rings is 1. The average Bonchev–Trinajstić information content (AvgIpc) is 3.07. The van der Waals surface area contributed by atoms with Gasteiger partial charge in [0, 0.05) is 17.0 Å². The molecule has 0 aliphatic carbocycles. The summed E-state index contributed by atoms with van der Waals surface area (Å²) in [5.74, 6) is -0.653. The highest BCUT2D eigenvalue weighted by atomic mass is 35.5. The lowest BCUT2D eigenvalue weighted by Crippen LogP contribution is -2.06. The molecule has 0 bridgehead atoms. The molecule has 0 radical (unpaired) electrons. The van der Waals surface area contributed by atoms with Crippen molar-refractivity contribution in [1.82, 2.24) is 0 Å². The highest BCUT2D eigenvalue weighted by molar-refractivity contribution is 7.11. The third-order valence-electron chi connectivity index (χ3n) is 3.18. The van der Waals surface area contributed by atoms with Gasteiger partial charge in [0.1, 0.15) is 0 Å². The number of non-ortho nitro benzene ring substituents is 1. The van der Waals surface area contributed by atoms with Crippen molar-refractivity contribution in [2.24, 2.45) is 4.99 Å². The van der Waals surface area contributed by atoms with Crippen molar-refractivity contribution in [3.8, 4) is 0 Å². The minimum absolute atomic E-state index is 0.0378. The van der Waals surface area contributed by atoms with Gasteiger partial charge in [-0.25, -0.2) is 9.79 Å². The molecule has 2 aromatic rings. The number of carbonyl (C=O) groups is 1. The quantitative estimate of drug-likeness (QED) is 0.364. The van der Waals surface area contributed by atoms with E-state index in [0.717, 1.165) is 10.4 Å². The molecule has 0 saturated heterocycles. The number of cyclic esters (lactones) is 1. The Labute approximate surface area is 139 Å². The molecule has 0 atom stereocenters. The summed E-state index contributed by atoms with van der Waals surface area (Å²) in [6.07, 6.45) is 1.63. The Kier molecular flexibility index (Phi) is 3.97. The van der Waals surface area contributed by atoms with Crippen LogP contribution in [0.15, 0.2) is 40.3 Å². The maximum Gasteiger partial charge on any atom is 0.363 e. The van der Waals surface area contributed by atoms with Gasteiger partial charge >= 0.3 is 5.97 Å². The number of aryl methyl sites for hydroxylation is 1. The van der Waals surface area contributed by atoms with Gasteiger partial charge in [0.2, 0.25) is 5.90 Å². The summed E-state index contributed by atoms with van der Waals surface area (Å²) in [5.41, 5.74) is 1.20. The zero-order valence-corrected chi connectivity index (χ0v) is 13.4. The Morgan fingerprint density at radius 1 is 1.39 bits per heavy atom. The number of hydrogen-bond acceptors (Lipinski definition) is 6. The third-order valence-corrected chi connectivity index (χ3v) is 4.48. The molecule has 1 aromatic carbocycles. The molecule has 0 saturated carbocycles. The fourth-order valence-corrected chi connectivity index (χ4v) is 3.02. The molecule has 0 spiro atoms. The van der Waals surface area contributed by atoms with E-state index in [0.29, 0.717) is 0 Å². The molecule has 6 nitrogen and oxygen atoms in total. The molecule has 116 valence electrons. The number of nitro benzene ring substituents is 1. The molecule has 0 amide bonds. The first-order chi connectivity index (χ1) is 11.0. The zero-order valence-electron chi connectivity index (χ0n) is 11.8. The molecule has 1 aromatic heterocycles. The van der Waals surface area contributed by atoms with E-state index in [1.165, 1.54) is 29.5 Å². The summed E-state index contributed by atoms with van der Waals surface area (Å²) in [6.45, 7) is 1.92. The van der Waals surface area contributed by atoms with Gasteiger partial charge in [0.05, 0.1) is 15.5 Å². The van der Waals surface area contributed by atoms with Gasteiger partial charge < -0.3 is 4.74 Å². The summed E-state index contributed by atoms with van der Waals surface area (Å²) >= 11 is 7.51. The Morgan fingerprint density at radius 3 is 2.83 bits per heavy atom. The maximum atomic E-state index is 11.9. The second-order valence-corrected chi connectivity index (χ2v) is 6.08. The van der Waals surface area contributed by atoms with E-state index >= 15 is 0 Å².